The summed E-state index contributed by atoms with van der Waals surface area (Å²) in [5, 5.41) is 0. The van der Waals surface area contributed by atoms with Crippen molar-refractivity contribution in [3.8, 4) is 0 Å². The third kappa shape index (κ3) is 4.34. The van der Waals surface area contributed by atoms with Crippen LogP contribution in [0.5, 0.6) is 0 Å². The van der Waals surface area contributed by atoms with E-state index in [4.69, 9.17) is 10.5 Å². The van der Waals surface area contributed by atoms with Crippen LogP contribution < -0.4 is 10.6 Å². The number of halogens is 1. The number of carbonyl (C=O) groups is 1. The SMILES string of the molecule is CCN(C(=O)C(N)COC)c1ccccc1.Cl. The zero-order chi connectivity index (χ0) is 12.0. The second-order valence-corrected chi connectivity index (χ2v) is 3.48. The van der Waals surface area contributed by atoms with Gasteiger partial charge in [0.2, 0.25) is 5.91 Å². The second-order valence-electron chi connectivity index (χ2n) is 3.48. The van der Waals surface area contributed by atoms with E-state index in [1.54, 1.807) is 4.90 Å². The van der Waals surface area contributed by atoms with Crippen molar-refractivity contribution >= 4 is 24.0 Å². The molecule has 1 aromatic carbocycles. The molecule has 17 heavy (non-hydrogen) atoms. The minimum absolute atomic E-state index is 0. The summed E-state index contributed by atoms with van der Waals surface area (Å²) >= 11 is 0. The largest absolute Gasteiger partial charge is 0.383 e. The highest BCUT2D eigenvalue weighted by atomic mass is 35.5. The lowest BCUT2D eigenvalue weighted by Gasteiger charge is -2.24. The summed E-state index contributed by atoms with van der Waals surface area (Å²) in [6.07, 6.45) is 0. The lowest BCUT2D eigenvalue weighted by atomic mass is 10.2. The number of rotatable bonds is 5. The van der Waals surface area contributed by atoms with E-state index in [2.05, 4.69) is 0 Å². The maximum Gasteiger partial charge on any atom is 0.246 e. The molecule has 1 rings (SSSR count). The highest BCUT2D eigenvalue weighted by Gasteiger charge is 2.20. The minimum atomic E-state index is -0.606. The van der Waals surface area contributed by atoms with E-state index in [9.17, 15) is 4.79 Å². The molecule has 0 saturated carbocycles. The van der Waals surface area contributed by atoms with E-state index in [1.807, 2.05) is 37.3 Å². The summed E-state index contributed by atoms with van der Waals surface area (Å²) in [6.45, 7) is 2.76. The number of nitrogens with zero attached hydrogens (tertiary/aromatic N) is 1. The molecule has 5 heteroatoms. The Kier molecular flexibility index (Phi) is 7.54. The van der Waals surface area contributed by atoms with Crippen LogP contribution in [0, 0.1) is 0 Å². The van der Waals surface area contributed by atoms with Gasteiger partial charge < -0.3 is 15.4 Å². The van der Waals surface area contributed by atoms with Gasteiger partial charge in [0.15, 0.2) is 0 Å². The predicted molar refractivity (Wildman–Crippen MR) is 71.6 cm³/mol. The lowest BCUT2D eigenvalue weighted by molar-refractivity contribution is -0.120. The van der Waals surface area contributed by atoms with E-state index < -0.39 is 6.04 Å². The number of hydrogen-bond acceptors (Lipinski definition) is 3. The summed E-state index contributed by atoms with van der Waals surface area (Å²) in [7, 11) is 1.53. The highest BCUT2D eigenvalue weighted by Crippen LogP contribution is 2.13. The van der Waals surface area contributed by atoms with Crippen LogP contribution in [0.25, 0.3) is 0 Å². The fourth-order valence-electron chi connectivity index (χ4n) is 1.52. The van der Waals surface area contributed by atoms with Crippen LogP contribution in [0.3, 0.4) is 0 Å². The summed E-state index contributed by atoms with van der Waals surface area (Å²) in [6, 6.07) is 8.88. The summed E-state index contributed by atoms with van der Waals surface area (Å²) in [5.41, 5.74) is 6.59. The Morgan fingerprint density at radius 2 is 2.00 bits per heavy atom. The van der Waals surface area contributed by atoms with Gasteiger partial charge in [-0.15, -0.1) is 12.4 Å². The molecule has 2 N–H and O–H groups in total. The van der Waals surface area contributed by atoms with Crippen LogP contribution in [-0.4, -0.2) is 32.2 Å². The molecule has 0 aliphatic rings. The maximum atomic E-state index is 12.0. The van der Waals surface area contributed by atoms with Crippen LogP contribution in [0.2, 0.25) is 0 Å². The molecule has 0 fully saturated rings. The predicted octanol–water partition coefficient (Wildman–Crippen LogP) is 1.43. The van der Waals surface area contributed by atoms with Gasteiger partial charge in [0.1, 0.15) is 6.04 Å². The van der Waals surface area contributed by atoms with Crippen molar-refractivity contribution in [3.05, 3.63) is 30.3 Å². The van der Waals surface area contributed by atoms with Crippen molar-refractivity contribution in [3.63, 3.8) is 0 Å². The monoisotopic (exact) mass is 258 g/mol. The van der Waals surface area contributed by atoms with Gasteiger partial charge in [-0.25, -0.2) is 0 Å². The van der Waals surface area contributed by atoms with Crippen LogP contribution >= 0.6 is 12.4 Å². The fourth-order valence-corrected chi connectivity index (χ4v) is 1.52. The molecule has 0 spiro atoms. The minimum Gasteiger partial charge on any atom is -0.383 e. The number of hydrogen-bond donors (Lipinski definition) is 1. The second kappa shape index (κ2) is 8.06. The van der Waals surface area contributed by atoms with Gasteiger partial charge in [0.25, 0.3) is 0 Å². The van der Waals surface area contributed by atoms with Crippen molar-refractivity contribution in [2.75, 3.05) is 25.2 Å². The Labute approximate surface area is 108 Å². The molecular formula is C12H19ClN2O2. The molecule has 0 saturated heterocycles. The molecule has 1 aromatic rings. The molecule has 96 valence electrons. The molecule has 4 nitrogen and oxygen atoms in total. The van der Waals surface area contributed by atoms with E-state index in [1.165, 1.54) is 7.11 Å². The number of carbonyl (C=O) groups excluding carboxylic acids is 1. The number of likely N-dealkylation sites (N-methyl/N-ethyl adjacent to an activating group) is 1. The fraction of sp³-hybridized carbons (Fsp3) is 0.417. The van der Waals surface area contributed by atoms with Crippen LogP contribution in [0.1, 0.15) is 6.92 Å². The number of nitrogens with two attached hydrogens (primary N) is 1. The third-order valence-corrected chi connectivity index (χ3v) is 2.31. The number of methoxy groups -OCH3 is 1. The Bertz CT molecular complexity index is 333. The Morgan fingerprint density at radius 3 is 2.47 bits per heavy atom. The highest BCUT2D eigenvalue weighted by molar-refractivity contribution is 5.97. The van der Waals surface area contributed by atoms with Crippen LogP contribution in [0.4, 0.5) is 5.69 Å². The molecule has 1 unspecified atom stereocenters. The van der Waals surface area contributed by atoms with Gasteiger partial charge in [0.05, 0.1) is 6.61 Å². The first-order valence-electron chi connectivity index (χ1n) is 5.31. The van der Waals surface area contributed by atoms with E-state index in [0.717, 1.165) is 5.69 Å². The van der Waals surface area contributed by atoms with Crippen LogP contribution in [-0.2, 0) is 9.53 Å². The quantitative estimate of drug-likeness (QED) is 0.869. The average Bonchev–Trinajstić information content (AvgIpc) is 2.31. The smallest absolute Gasteiger partial charge is 0.246 e. The number of ether oxygens (including phenoxy) is 1. The molecule has 0 bridgehead atoms. The molecule has 0 aliphatic carbocycles. The average molecular weight is 259 g/mol. The maximum absolute atomic E-state index is 12.0. The summed E-state index contributed by atoms with van der Waals surface area (Å²) in [5.74, 6) is -0.115. The van der Waals surface area contributed by atoms with Crippen molar-refractivity contribution < 1.29 is 9.53 Å². The normalized spacial score (nSPS) is 11.5. The first kappa shape index (κ1) is 15.9. The molecule has 1 atom stereocenters. The molecular weight excluding hydrogens is 240 g/mol. The van der Waals surface area contributed by atoms with Crippen molar-refractivity contribution in [1.82, 2.24) is 0 Å². The van der Waals surface area contributed by atoms with Gasteiger partial charge >= 0.3 is 0 Å². The topological polar surface area (TPSA) is 55.6 Å². The van der Waals surface area contributed by atoms with Gasteiger partial charge in [-0.1, -0.05) is 18.2 Å². The van der Waals surface area contributed by atoms with Crippen molar-refractivity contribution in [2.24, 2.45) is 5.73 Å². The number of para-hydroxylation sites is 1. The van der Waals surface area contributed by atoms with Gasteiger partial charge in [-0.3, -0.25) is 4.79 Å². The van der Waals surface area contributed by atoms with Crippen molar-refractivity contribution in [2.45, 2.75) is 13.0 Å². The zero-order valence-electron chi connectivity index (χ0n) is 10.1. The van der Waals surface area contributed by atoms with Crippen LogP contribution in [0.15, 0.2) is 30.3 Å². The molecule has 0 aliphatic heterocycles. The standard InChI is InChI=1S/C12H18N2O2.ClH/c1-3-14(10-7-5-4-6-8-10)12(15)11(13)9-16-2;/h4-8,11H,3,9,13H2,1-2H3;1H. The number of anilines is 1. The number of benzene rings is 1. The Balaban J connectivity index is 0.00000256. The van der Waals surface area contributed by atoms with Gasteiger partial charge in [0, 0.05) is 19.3 Å². The lowest BCUT2D eigenvalue weighted by Crippen LogP contribution is -2.46. The van der Waals surface area contributed by atoms with E-state index in [0.29, 0.717) is 6.54 Å². The molecule has 0 aromatic heterocycles. The van der Waals surface area contributed by atoms with E-state index in [-0.39, 0.29) is 24.9 Å². The third-order valence-electron chi connectivity index (χ3n) is 2.31. The Morgan fingerprint density at radius 1 is 1.41 bits per heavy atom. The van der Waals surface area contributed by atoms with Gasteiger partial charge in [-0.2, -0.15) is 0 Å². The number of amides is 1. The zero-order valence-corrected chi connectivity index (χ0v) is 10.9. The van der Waals surface area contributed by atoms with E-state index >= 15 is 0 Å². The molecule has 0 heterocycles. The first-order valence-corrected chi connectivity index (χ1v) is 5.31. The summed E-state index contributed by atoms with van der Waals surface area (Å²) in [4.78, 5) is 13.6. The van der Waals surface area contributed by atoms with Crippen molar-refractivity contribution in [1.29, 1.82) is 0 Å². The Hall–Kier alpha value is -1.10. The van der Waals surface area contributed by atoms with Gasteiger partial charge in [-0.05, 0) is 19.1 Å². The summed E-state index contributed by atoms with van der Waals surface area (Å²) < 4.78 is 4.88. The first-order chi connectivity index (χ1) is 7.70. The molecule has 0 radical (unpaired) electrons. The molecule has 1 amide bonds.